The maximum absolute atomic E-state index is 5.64. The van der Waals surface area contributed by atoms with Crippen LogP contribution in [0.2, 0.25) is 0 Å². The van der Waals surface area contributed by atoms with Crippen molar-refractivity contribution in [3.63, 3.8) is 0 Å². The van der Waals surface area contributed by atoms with Gasteiger partial charge in [0.25, 0.3) is 0 Å². The minimum absolute atomic E-state index is 0.417. The van der Waals surface area contributed by atoms with E-state index in [2.05, 4.69) is 33.1 Å². The number of piperidine rings is 1. The summed E-state index contributed by atoms with van der Waals surface area (Å²) in [5.41, 5.74) is 7.62. The highest BCUT2D eigenvalue weighted by molar-refractivity contribution is 9.10. The summed E-state index contributed by atoms with van der Waals surface area (Å²) in [6.45, 7) is 5.77. The lowest BCUT2D eigenvalue weighted by molar-refractivity contribution is 0.223. The number of likely N-dealkylation sites (tertiary alicyclic amines) is 1. The van der Waals surface area contributed by atoms with Gasteiger partial charge in [0.1, 0.15) is 4.99 Å². The molecule has 110 valence electrons. The van der Waals surface area contributed by atoms with E-state index in [1.807, 2.05) is 18.2 Å². The predicted octanol–water partition coefficient (Wildman–Crippen LogP) is 3.37. The summed E-state index contributed by atoms with van der Waals surface area (Å²) in [4.78, 5) is 2.97. The highest BCUT2D eigenvalue weighted by Crippen LogP contribution is 2.24. The largest absolute Gasteiger partial charge is 0.389 e. The first kappa shape index (κ1) is 15.7. The molecule has 0 bridgehead atoms. The summed E-state index contributed by atoms with van der Waals surface area (Å²) in [5.74, 6) is 0. The van der Waals surface area contributed by atoms with Crippen molar-refractivity contribution in [2.75, 3.05) is 25.0 Å². The average molecular weight is 356 g/mol. The Balaban J connectivity index is 1.93. The van der Waals surface area contributed by atoms with E-state index >= 15 is 0 Å². The van der Waals surface area contributed by atoms with E-state index in [1.54, 1.807) is 0 Å². The number of nitrogens with one attached hydrogen (secondary N) is 1. The van der Waals surface area contributed by atoms with Gasteiger partial charge in [0.15, 0.2) is 0 Å². The zero-order valence-corrected chi connectivity index (χ0v) is 14.3. The fraction of sp³-hybridized carbons (Fsp3) is 0.533. The smallest absolute Gasteiger partial charge is 0.104 e. The minimum atomic E-state index is 0.417. The zero-order chi connectivity index (χ0) is 14.5. The summed E-state index contributed by atoms with van der Waals surface area (Å²) in [6.07, 6.45) is 4.04. The van der Waals surface area contributed by atoms with E-state index < -0.39 is 0 Å². The first-order chi connectivity index (χ1) is 9.56. The monoisotopic (exact) mass is 355 g/mol. The number of hydrogen-bond donors (Lipinski definition) is 2. The second kappa shape index (κ2) is 7.38. The summed E-state index contributed by atoms with van der Waals surface area (Å²) >= 11 is 8.57. The fourth-order valence-corrected chi connectivity index (χ4v) is 3.25. The van der Waals surface area contributed by atoms with Crippen LogP contribution < -0.4 is 11.1 Å². The van der Waals surface area contributed by atoms with Gasteiger partial charge >= 0.3 is 0 Å². The topological polar surface area (TPSA) is 41.3 Å². The third-order valence-electron chi connectivity index (χ3n) is 3.64. The second-order valence-electron chi connectivity index (χ2n) is 5.47. The molecule has 1 unspecified atom stereocenters. The molecular formula is C15H22BrN3S. The number of nitrogens with zero attached hydrogens (tertiary/aromatic N) is 1. The second-order valence-corrected chi connectivity index (χ2v) is 6.76. The number of hydrogen-bond acceptors (Lipinski definition) is 3. The first-order valence-corrected chi connectivity index (χ1v) is 8.34. The molecule has 2 rings (SSSR count). The van der Waals surface area contributed by atoms with Crippen LogP contribution in [-0.2, 0) is 0 Å². The van der Waals surface area contributed by atoms with Crippen LogP contribution in [0.1, 0.15) is 31.7 Å². The van der Waals surface area contributed by atoms with Crippen molar-refractivity contribution in [1.82, 2.24) is 4.90 Å². The third-order valence-corrected chi connectivity index (χ3v) is 4.53. The molecule has 0 radical (unpaired) electrons. The molecule has 0 spiro atoms. The van der Waals surface area contributed by atoms with Gasteiger partial charge in [-0.05, 0) is 67.0 Å². The molecule has 5 heteroatoms. The van der Waals surface area contributed by atoms with E-state index in [-0.39, 0.29) is 0 Å². The molecule has 0 amide bonds. The van der Waals surface area contributed by atoms with Crippen molar-refractivity contribution < 1.29 is 0 Å². The Hall–Kier alpha value is -0.650. The lowest BCUT2D eigenvalue weighted by Gasteiger charge is -2.30. The number of rotatable bonds is 5. The van der Waals surface area contributed by atoms with E-state index in [0.29, 0.717) is 11.0 Å². The lowest BCUT2D eigenvalue weighted by atomic mass is 10.1. The minimum Gasteiger partial charge on any atom is -0.389 e. The van der Waals surface area contributed by atoms with E-state index in [9.17, 15) is 0 Å². The lowest BCUT2D eigenvalue weighted by Crippen LogP contribution is -2.38. The Bertz CT molecular complexity index is 472. The van der Waals surface area contributed by atoms with E-state index in [0.717, 1.165) is 22.3 Å². The maximum atomic E-state index is 5.64. The van der Waals surface area contributed by atoms with Crippen LogP contribution in [0.15, 0.2) is 22.7 Å². The molecule has 1 aromatic carbocycles. The van der Waals surface area contributed by atoms with Gasteiger partial charge in [0.05, 0.1) is 0 Å². The van der Waals surface area contributed by atoms with Crippen LogP contribution in [-0.4, -0.2) is 35.6 Å². The molecule has 1 aliphatic rings. The number of anilines is 1. The van der Waals surface area contributed by atoms with Crippen molar-refractivity contribution in [3.05, 3.63) is 28.2 Å². The van der Waals surface area contributed by atoms with Crippen LogP contribution >= 0.6 is 28.1 Å². The Morgan fingerprint density at radius 2 is 2.10 bits per heavy atom. The van der Waals surface area contributed by atoms with Crippen molar-refractivity contribution in [2.24, 2.45) is 5.73 Å². The van der Waals surface area contributed by atoms with Crippen LogP contribution in [0.5, 0.6) is 0 Å². The molecule has 0 saturated carbocycles. The summed E-state index contributed by atoms with van der Waals surface area (Å²) in [6, 6.07) is 6.38. The molecule has 0 aliphatic carbocycles. The van der Waals surface area contributed by atoms with Gasteiger partial charge in [-0.3, -0.25) is 0 Å². The number of nitrogens with two attached hydrogens (primary N) is 1. The van der Waals surface area contributed by atoms with Crippen molar-refractivity contribution in [1.29, 1.82) is 0 Å². The summed E-state index contributed by atoms with van der Waals surface area (Å²) in [5, 5.41) is 3.55. The molecule has 1 atom stereocenters. The zero-order valence-electron chi connectivity index (χ0n) is 11.9. The molecule has 1 aliphatic heterocycles. The van der Waals surface area contributed by atoms with Crippen LogP contribution in [0, 0.1) is 0 Å². The molecule has 1 heterocycles. The standard InChI is InChI=1S/C15H22BrN3S/c1-11(10-19-7-3-2-4-8-19)18-14-6-5-12(15(17)20)9-13(14)16/h5-6,9,11,18H,2-4,7-8,10H2,1H3,(H2,17,20). The van der Waals surface area contributed by atoms with Crippen LogP contribution in [0.25, 0.3) is 0 Å². The van der Waals surface area contributed by atoms with Crippen molar-refractivity contribution >= 4 is 38.8 Å². The molecule has 1 fully saturated rings. The third kappa shape index (κ3) is 4.43. The fourth-order valence-electron chi connectivity index (χ4n) is 2.63. The predicted molar refractivity (Wildman–Crippen MR) is 93.4 cm³/mol. The van der Waals surface area contributed by atoms with Gasteiger partial charge in [-0.15, -0.1) is 0 Å². The van der Waals surface area contributed by atoms with Crippen LogP contribution in [0.3, 0.4) is 0 Å². The van der Waals surface area contributed by atoms with Crippen LogP contribution in [0.4, 0.5) is 5.69 Å². The molecule has 1 aromatic rings. The molecule has 1 saturated heterocycles. The molecular weight excluding hydrogens is 334 g/mol. The quantitative estimate of drug-likeness (QED) is 0.794. The first-order valence-electron chi connectivity index (χ1n) is 7.14. The van der Waals surface area contributed by atoms with Gasteiger partial charge in [0, 0.05) is 28.3 Å². The average Bonchev–Trinajstić information content (AvgIpc) is 2.42. The Morgan fingerprint density at radius 1 is 1.40 bits per heavy atom. The van der Waals surface area contributed by atoms with Gasteiger partial charge < -0.3 is 16.0 Å². The molecule has 3 N–H and O–H groups in total. The Morgan fingerprint density at radius 3 is 2.70 bits per heavy atom. The molecule has 0 aromatic heterocycles. The molecule has 20 heavy (non-hydrogen) atoms. The highest BCUT2D eigenvalue weighted by Gasteiger charge is 2.14. The summed E-state index contributed by atoms with van der Waals surface area (Å²) < 4.78 is 1.01. The van der Waals surface area contributed by atoms with Crippen molar-refractivity contribution in [3.8, 4) is 0 Å². The number of halogens is 1. The number of benzene rings is 1. The van der Waals surface area contributed by atoms with E-state index in [1.165, 1.54) is 32.4 Å². The normalized spacial score (nSPS) is 17.7. The van der Waals surface area contributed by atoms with Gasteiger partial charge in [-0.1, -0.05) is 18.6 Å². The van der Waals surface area contributed by atoms with Crippen molar-refractivity contribution in [2.45, 2.75) is 32.2 Å². The van der Waals surface area contributed by atoms with Gasteiger partial charge in [-0.2, -0.15) is 0 Å². The maximum Gasteiger partial charge on any atom is 0.104 e. The molecule has 3 nitrogen and oxygen atoms in total. The number of thiocarbonyl (C=S) groups is 1. The highest BCUT2D eigenvalue weighted by atomic mass is 79.9. The van der Waals surface area contributed by atoms with Gasteiger partial charge in [-0.25, -0.2) is 0 Å². The van der Waals surface area contributed by atoms with E-state index in [4.69, 9.17) is 18.0 Å². The Labute approximate surface area is 135 Å². The van der Waals surface area contributed by atoms with Gasteiger partial charge in [0.2, 0.25) is 0 Å². The Kier molecular flexibility index (Phi) is 5.81. The summed E-state index contributed by atoms with van der Waals surface area (Å²) in [7, 11) is 0. The SMILES string of the molecule is CC(CN1CCCCC1)Nc1ccc(C(N)=S)cc1Br.